The van der Waals surface area contributed by atoms with Crippen molar-refractivity contribution < 1.29 is 14.0 Å². The van der Waals surface area contributed by atoms with E-state index in [1.165, 1.54) is 6.39 Å². The first-order valence-corrected chi connectivity index (χ1v) is 7.11. The van der Waals surface area contributed by atoms with E-state index in [0.717, 1.165) is 9.37 Å². The molecule has 1 aromatic heterocycles. The van der Waals surface area contributed by atoms with E-state index in [9.17, 15) is 9.59 Å². The molecule has 0 aliphatic carbocycles. The predicted molar refractivity (Wildman–Crippen MR) is 85.7 cm³/mol. The predicted octanol–water partition coefficient (Wildman–Crippen LogP) is 3.79. The molecule has 3 aromatic rings. The van der Waals surface area contributed by atoms with Crippen molar-refractivity contribution in [1.29, 1.82) is 0 Å². The third kappa shape index (κ3) is 2.84. The summed E-state index contributed by atoms with van der Waals surface area (Å²) < 4.78 is 5.95. The summed E-state index contributed by atoms with van der Waals surface area (Å²) in [4.78, 5) is 28.5. The third-order valence-corrected chi connectivity index (χ3v) is 3.49. The lowest BCUT2D eigenvalue weighted by atomic mass is 10.3. The van der Waals surface area contributed by atoms with Gasteiger partial charge in [0.2, 0.25) is 6.41 Å². The van der Waals surface area contributed by atoms with Crippen LogP contribution in [0.5, 0.6) is 0 Å². The van der Waals surface area contributed by atoms with E-state index >= 15 is 0 Å². The van der Waals surface area contributed by atoms with Crippen molar-refractivity contribution in [3.8, 4) is 0 Å². The molecule has 110 valence electrons. The van der Waals surface area contributed by atoms with E-state index < -0.39 is 6.03 Å². The lowest BCUT2D eigenvalue weighted by Gasteiger charge is -2.16. The molecule has 7 heteroatoms. The number of hydrogen-bond donors (Lipinski definition) is 1. The number of benzene rings is 2. The molecule has 0 fully saturated rings. The van der Waals surface area contributed by atoms with Crippen LogP contribution in [0.4, 0.5) is 16.2 Å². The van der Waals surface area contributed by atoms with Crippen LogP contribution in [0.1, 0.15) is 0 Å². The van der Waals surface area contributed by atoms with Gasteiger partial charge in [0, 0.05) is 16.2 Å². The molecular formula is C15H10BrN3O3. The van der Waals surface area contributed by atoms with Crippen molar-refractivity contribution in [3.05, 3.63) is 53.3 Å². The van der Waals surface area contributed by atoms with E-state index in [-0.39, 0.29) is 0 Å². The Hall–Kier alpha value is -2.67. The number of rotatable bonds is 3. The minimum atomic E-state index is -0.563. The van der Waals surface area contributed by atoms with E-state index in [2.05, 4.69) is 26.2 Å². The van der Waals surface area contributed by atoms with Gasteiger partial charge in [0.1, 0.15) is 5.52 Å². The third-order valence-electron chi connectivity index (χ3n) is 2.99. The molecule has 0 aliphatic rings. The maximum atomic E-state index is 12.3. The quantitative estimate of drug-likeness (QED) is 0.722. The molecule has 3 amide bonds. The molecule has 6 nitrogen and oxygen atoms in total. The van der Waals surface area contributed by atoms with E-state index in [1.807, 2.05) is 6.07 Å². The van der Waals surface area contributed by atoms with Gasteiger partial charge in [-0.05, 0) is 30.3 Å². The van der Waals surface area contributed by atoms with Crippen LogP contribution in [-0.2, 0) is 4.79 Å². The van der Waals surface area contributed by atoms with Crippen LogP contribution < -0.4 is 10.2 Å². The molecule has 3 rings (SSSR count). The van der Waals surface area contributed by atoms with Crippen molar-refractivity contribution in [2.24, 2.45) is 0 Å². The van der Waals surface area contributed by atoms with Gasteiger partial charge in [-0.15, -0.1) is 0 Å². The number of fused-ring (bicyclic) bond motifs is 1. The summed E-state index contributed by atoms with van der Waals surface area (Å²) in [6, 6.07) is 11.4. The second kappa shape index (κ2) is 5.98. The molecule has 22 heavy (non-hydrogen) atoms. The van der Waals surface area contributed by atoms with Crippen LogP contribution in [0.15, 0.2) is 57.7 Å². The number of oxazole rings is 1. The molecular weight excluding hydrogens is 350 g/mol. The van der Waals surface area contributed by atoms with Crippen molar-refractivity contribution >= 4 is 50.8 Å². The maximum absolute atomic E-state index is 12.3. The Morgan fingerprint density at radius 2 is 2.14 bits per heavy atom. The zero-order valence-corrected chi connectivity index (χ0v) is 12.8. The standard InChI is InChI=1S/C15H10BrN3O3/c16-10-2-1-3-12(6-10)19(9-20)15(21)18-11-4-5-13-14(7-11)22-8-17-13/h1-9H,(H,18,21). The van der Waals surface area contributed by atoms with Crippen molar-refractivity contribution in [3.63, 3.8) is 0 Å². The van der Waals surface area contributed by atoms with E-state index in [4.69, 9.17) is 4.42 Å². The van der Waals surface area contributed by atoms with Crippen LogP contribution in [0, 0.1) is 0 Å². The molecule has 0 bridgehead atoms. The fourth-order valence-corrected chi connectivity index (χ4v) is 2.36. The van der Waals surface area contributed by atoms with Gasteiger partial charge in [-0.2, -0.15) is 0 Å². The monoisotopic (exact) mass is 359 g/mol. The highest BCUT2D eigenvalue weighted by Gasteiger charge is 2.15. The van der Waals surface area contributed by atoms with Crippen molar-refractivity contribution in [2.75, 3.05) is 10.2 Å². The number of nitrogens with zero attached hydrogens (tertiary/aromatic N) is 2. The van der Waals surface area contributed by atoms with Gasteiger partial charge < -0.3 is 9.73 Å². The topological polar surface area (TPSA) is 75.4 Å². The lowest BCUT2D eigenvalue weighted by Crippen LogP contribution is -2.33. The van der Waals surface area contributed by atoms with Gasteiger partial charge >= 0.3 is 6.03 Å². The van der Waals surface area contributed by atoms with Crippen molar-refractivity contribution in [2.45, 2.75) is 0 Å². The number of imide groups is 1. The zero-order valence-electron chi connectivity index (χ0n) is 11.2. The molecule has 0 unspecified atom stereocenters. The zero-order chi connectivity index (χ0) is 15.5. The molecule has 0 radical (unpaired) electrons. The number of anilines is 2. The average Bonchev–Trinajstić information content (AvgIpc) is 2.95. The Bertz CT molecular complexity index is 847. The Morgan fingerprint density at radius 1 is 1.27 bits per heavy atom. The summed E-state index contributed by atoms with van der Waals surface area (Å²) in [6.07, 6.45) is 1.79. The van der Waals surface area contributed by atoms with E-state index in [1.54, 1.807) is 36.4 Å². The summed E-state index contributed by atoms with van der Waals surface area (Å²) in [7, 11) is 0. The van der Waals surface area contributed by atoms with Crippen molar-refractivity contribution in [1.82, 2.24) is 4.98 Å². The van der Waals surface area contributed by atoms with Gasteiger partial charge in [-0.25, -0.2) is 14.7 Å². The number of carbonyl (C=O) groups excluding carboxylic acids is 2. The highest BCUT2D eigenvalue weighted by molar-refractivity contribution is 9.10. The number of aromatic nitrogens is 1. The average molecular weight is 360 g/mol. The Morgan fingerprint density at radius 3 is 2.91 bits per heavy atom. The summed E-state index contributed by atoms with van der Waals surface area (Å²) in [6.45, 7) is 0. The number of carbonyl (C=O) groups is 2. The maximum Gasteiger partial charge on any atom is 0.332 e. The molecule has 2 aromatic carbocycles. The molecule has 0 saturated heterocycles. The van der Waals surface area contributed by atoms with E-state index in [0.29, 0.717) is 28.9 Å². The first kappa shape index (κ1) is 14.3. The number of nitrogens with one attached hydrogen (secondary N) is 1. The van der Waals surface area contributed by atoms with Gasteiger partial charge in [0.25, 0.3) is 0 Å². The minimum Gasteiger partial charge on any atom is -0.443 e. The SMILES string of the molecule is O=CN(C(=O)Nc1ccc2ncoc2c1)c1cccc(Br)c1. The molecule has 0 aliphatic heterocycles. The minimum absolute atomic E-state index is 0.461. The van der Waals surface area contributed by atoms with Gasteiger partial charge in [-0.3, -0.25) is 4.79 Å². The van der Waals surface area contributed by atoms with Crippen LogP contribution >= 0.6 is 15.9 Å². The fourth-order valence-electron chi connectivity index (χ4n) is 1.97. The van der Waals surface area contributed by atoms with Gasteiger partial charge in [0.05, 0.1) is 5.69 Å². The second-order valence-electron chi connectivity index (χ2n) is 4.42. The highest BCUT2D eigenvalue weighted by atomic mass is 79.9. The van der Waals surface area contributed by atoms with Crippen LogP contribution in [-0.4, -0.2) is 17.4 Å². The molecule has 0 atom stereocenters. The lowest BCUT2D eigenvalue weighted by molar-refractivity contribution is -0.106. The van der Waals surface area contributed by atoms with Crippen LogP contribution in [0.2, 0.25) is 0 Å². The normalized spacial score (nSPS) is 10.4. The smallest absolute Gasteiger partial charge is 0.332 e. The summed E-state index contributed by atoms with van der Waals surface area (Å²) >= 11 is 3.30. The number of urea groups is 1. The Labute approximate surface area is 133 Å². The number of hydrogen-bond acceptors (Lipinski definition) is 4. The highest BCUT2D eigenvalue weighted by Crippen LogP contribution is 2.21. The van der Waals surface area contributed by atoms with Crippen LogP contribution in [0.25, 0.3) is 11.1 Å². The second-order valence-corrected chi connectivity index (χ2v) is 5.34. The van der Waals surface area contributed by atoms with Crippen LogP contribution in [0.3, 0.4) is 0 Å². The largest absolute Gasteiger partial charge is 0.443 e. The summed E-state index contributed by atoms with van der Waals surface area (Å²) in [5, 5.41) is 2.65. The summed E-state index contributed by atoms with van der Waals surface area (Å²) in [5.74, 6) is 0. The molecule has 0 spiro atoms. The first-order valence-electron chi connectivity index (χ1n) is 6.32. The molecule has 1 N–H and O–H groups in total. The first-order chi connectivity index (χ1) is 10.7. The summed E-state index contributed by atoms with van der Waals surface area (Å²) in [5.41, 5.74) is 2.22. The Kier molecular flexibility index (Phi) is 3.88. The Balaban J connectivity index is 1.83. The van der Waals surface area contributed by atoms with Gasteiger partial charge in [-0.1, -0.05) is 22.0 Å². The number of amides is 3. The molecule has 1 heterocycles. The number of halogens is 1. The molecule has 0 saturated carbocycles. The van der Waals surface area contributed by atoms with Gasteiger partial charge in [0.15, 0.2) is 12.0 Å². The fraction of sp³-hybridized carbons (Fsp3) is 0.